The minimum Gasteiger partial charge on any atom is -0.497 e. The molecule has 1 aromatic carbocycles. The Labute approximate surface area is 132 Å². The van der Waals surface area contributed by atoms with Crippen molar-refractivity contribution < 1.29 is 19.0 Å². The van der Waals surface area contributed by atoms with E-state index in [4.69, 9.17) is 14.2 Å². The predicted molar refractivity (Wildman–Crippen MR) is 84.7 cm³/mol. The van der Waals surface area contributed by atoms with Crippen molar-refractivity contribution in [2.24, 2.45) is 5.92 Å². The molecule has 0 aliphatic carbocycles. The number of methoxy groups -OCH3 is 2. The molecule has 1 atom stereocenters. The number of nitrogens with zero attached hydrogens (tertiary/aromatic N) is 1. The van der Waals surface area contributed by atoms with Gasteiger partial charge in [-0.25, -0.2) is 0 Å². The number of benzene rings is 1. The number of hydrogen-bond donors (Lipinski definition) is 0. The smallest absolute Gasteiger partial charge is 0.254 e. The number of carbonyl (C=O) groups excluding carboxylic acids is 1. The summed E-state index contributed by atoms with van der Waals surface area (Å²) in [7, 11) is 3.17. The van der Waals surface area contributed by atoms with Gasteiger partial charge in [0.2, 0.25) is 0 Å². The largest absolute Gasteiger partial charge is 0.497 e. The highest BCUT2D eigenvalue weighted by Crippen LogP contribution is 2.25. The second-order valence-electron chi connectivity index (χ2n) is 5.52. The highest BCUT2D eigenvalue weighted by Gasteiger charge is 2.25. The Bertz CT molecular complexity index is 481. The molecule has 1 aliphatic heterocycles. The topological polar surface area (TPSA) is 48.0 Å². The number of likely N-dealkylation sites (tertiary alicyclic amines) is 1. The summed E-state index contributed by atoms with van der Waals surface area (Å²) < 4.78 is 16.0. The number of piperidine rings is 1. The van der Waals surface area contributed by atoms with Gasteiger partial charge in [0.05, 0.1) is 20.8 Å². The van der Waals surface area contributed by atoms with Crippen LogP contribution in [0.25, 0.3) is 0 Å². The Morgan fingerprint density at radius 3 is 2.50 bits per heavy atom. The van der Waals surface area contributed by atoms with Crippen LogP contribution in [0.15, 0.2) is 18.2 Å². The molecule has 5 heteroatoms. The summed E-state index contributed by atoms with van der Waals surface area (Å²) in [5.41, 5.74) is 0.605. The van der Waals surface area contributed by atoms with Crippen molar-refractivity contribution in [1.82, 2.24) is 4.90 Å². The first-order chi connectivity index (χ1) is 10.7. The lowest BCUT2D eigenvalue weighted by Crippen LogP contribution is -2.41. The maximum absolute atomic E-state index is 12.7. The summed E-state index contributed by atoms with van der Waals surface area (Å²) in [4.78, 5) is 14.6. The van der Waals surface area contributed by atoms with Gasteiger partial charge < -0.3 is 19.1 Å². The molecular weight excluding hydrogens is 282 g/mol. The number of amides is 1. The van der Waals surface area contributed by atoms with E-state index >= 15 is 0 Å². The van der Waals surface area contributed by atoms with Crippen LogP contribution in [0, 0.1) is 5.92 Å². The first-order valence-electron chi connectivity index (χ1n) is 7.78. The van der Waals surface area contributed by atoms with Crippen LogP contribution in [0.4, 0.5) is 0 Å². The summed E-state index contributed by atoms with van der Waals surface area (Å²) in [6.45, 7) is 4.98. The fraction of sp³-hybridized carbons (Fsp3) is 0.588. The zero-order valence-electron chi connectivity index (χ0n) is 13.6. The minimum atomic E-state index is 0.0263. The molecule has 0 aromatic heterocycles. The molecule has 1 aliphatic rings. The molecule has 0 spiro atoms. The molecule has 0 radical (unpaired) electrons. The summed E-state index contributed by atoms with van der Waals surface area (Å²) >= 11 is 0. The molecule has 0 N–H and O–H groups in total. The minimum absolute atomic E-state index is 0.0263. The molecule has 1 saturated heterocycles. The predicted octanol–water partition coefficient (Wildman–Crippen LogP) is 2.59. The average molecular weight is 307 g/mol. The van der Waals surface area contributed by atoms with Crippen LogP contribution >= 0.6 is 0 Å². The van der Waals surface area contributed by atoms with Crippen LogP contribution in [0.5, 0.6) is 11.5 Å². The molecule has 1 unspecified atom stereocenters. The van der Waals surface area contributed by atoms with Gasteiger partial charge in [0.25, 0.3) is 5.91 Å². The molecule has 2 rings (SSSR count). The lowest BCUT2D eigenvalue weighted by molar-refractivity contribution is 0.0500. The number of ether oxygens (including phenoxy) is 3. The van der Waals surface area contributed by atoms with E-state index in [0.717, 1.165) is 39.1 Å². The Hall–Kier alpha value is -1.75. The van der Waals surface area contributed by atoms with Gasteiger partial charge in [0.15, 0.2) is 0 Å². The number of hydrogen-bond acceptors (Lipinski definition) is 4. The van der Waals surface area contributed by atoms with Crippen molar-refractivity contribution in [2.75, 3.05) is 40.5 Å². The van der Waals surface area contributed by atoms with Crippen molar-refractivity contribution in [2.45, 2.75) is 19.8 Å². The van der Waals surface area contributed by atoms with Crippen molar-refractivity contribution in [3.8, 4) is 11.5 Å². The van der Waals surface area contributed by atoms with Gasteiger partial charge in [-0.2, -0.15) is 0 Å². The summed E-state index contributed by atoms with van der Waals surface area (Å²) in [6.07, 6.45) is 2.13. The zero-order valence-corrected chi connectivity index (χ0v) is 13.6. The Kier molecular flexibility index (Phi) is 6.07. The van der Waals surface area contributed by atoms with Gasteiger partial charge in [-0.3, -0.25) is 4.79 Å². The Morgan fingerprint density at radius 1 is 1.23 bits per heavy atom. The lowest BCUT2D eigenvalue weighted by atomic mass is 9.98. The zero-order chi connectivity index (χ0) is 15.9. The third-order valence-corrected chi connectivity index (χ3v) is 3.96. The molecule has 1 amide bonds. The van der Waals surface area contributed by atoms with Crippen LogP contribution in [-0.2, 0) is 4.74 Å². The molecule has 22 heavy (non-hydrogen) atoms. The molecule has 5 nitrogen and oxygen atoms in total. The average Bonchev–Trinajstić information content (AvgIpc) is 2.58. The van der Waals surface area contributed by atoms with Gasteiger partial charge >= 0.3 is 0 Å². The SMILES string of the molecule is CCOCC1CCCN(C(=O)c2cc(OC)cc(OC)c2)C1. The van der Waals surface area contributed by atoms with E-state index in [1.54, 1.807) is 32.4 Å². The van der Waals surface area contributed by atoms with Crippen molar-refractivity contribution in [3.63, 3.8) is 0 Å². The Balaban J connectivity index is 2.09. The molecular formula is C17H25NO4. The van der Waals surface area contributed by atoms with Crippen molar-refractivity contribution >= 4 is 5.91 Å². The van der Waals surface area contributed by atoms with Crippen LogP contribution < -0.4 is 9.47 Å². The second kappa shape index (κ2) is 8.03. The fourth-order valence-corrected chi connectivity index (χ4v) is 2.78. The summed E-state index contributed by atoms with van der Waals surface area (Å²) in [5.74, 6) is 1.71. The molecule has 1 heterocycles. The number of carbonyl (C=O) groups is 1. The van der Waals surface area contributed by atoms with Crippen LogP contribution in [0.1, 0.15) is 30.1 Å². The summed E-state index contributed by atoms with van der Waals surface area (Å²) in [6, 6.07) is 5.29. The normalized spacial score (nSPS) is 18.1. The van der Waals surface area contributed by atoms with E-state index in [0.29, 0.717) is 23.0 Å². The van der Waals surface area contributed by atoms with Crippen molar-refractivity contribution in [3.05, 3.63) is 23.8 Å². The number of rotatable bonds is 6. The maximum Gasteiger partial charge on any atom is 0.254 e. The highest BCUT2D eigenvalue weighted by molar-refractivity contribution is 5.95. The quantitative estimate of drug-likeness (QED) is 0.810. The van der Waals surface area contributed by atoms with Gasteiger partial charge in [-0.1, -0.05) is 0 Å². The molecule has 0 saturated carbocycles. The monoisotopic (exact) mass is 307 g/mol. The van der Waals surface area contributed by atoms with E-state index in [9.17, 15) is 4.79 Å². The van der Waals surface area contributed by atoms with Crippen LogP contribution in [-0.4, -0.2) is 51.3 Å². The van der Waals surface area contributed by atoms with Gasteiger partial charge in [0.1, 0.15) is 11.5 Å². The maximum atomic E-state index is 12.7. The van der Waals surface area contributed by atoms with E-state index < -0.39 is 0 Å². The van der Waals surface area contributed by atoms with E-state index in [1.165, 1.54) is 0 Å². The highest BCUT2D eigenvalue weighted by atomic mass is 16.5. The lowest BCUT2D eigenvalue weighted by Gasteiger charge is -2.32. The van der Waals surface area contributed by atoms with Gasteiger partial charge in [-0.15, -0.1) is 0 Å². The third-order valence-electron chi connectivity index (χ3n) is 3.96. The third kappa shape index (κ3) is 4.13. The fourth-order valence-electron chi connectivity index (χ4n) is 2.78. The molecule has 0 bridgehead atoms. The van der Waals surface area contributed by atoms with Gasteiger partial charge in [-0.05, 0) is 37.8 Å². The van der Waals surface area contributed by atoms with Crippen molar-refractivity contribution in [1.29, 1.82) is 0 Å². The summed E-state index contributed by atoms with van der Waals surface area (Å²) in [5, 5.41) is 0. The second-order valence-corrected chi connectivity index (χ2v) is 5.52. The first-order valence-corrected chi connectivity index (χ1v) is 7.78. The van der Waals surface area contributed by atoms with Gasteiger partial charge in [0, 0.05) is 31.3 Å². The standard InChI is InChI=1S/C17H25NO4/c1-4-22-12-13-6-5-7-18(11-13)17(19)14-8-15(20-2)10-16(9-14)21-3/h8-10,13H,4-7,11-12H2,1-3H3. The molecule has 1 fully saturated rings. The molecule has 122 valence electrons. The van der Waals surface area contributed by atoms with Crippen LogP contribution in [0.2, 0.25) is 0 Å². The van der Waals surface area contributed by atoms with E-state index in [1.807, 2.05) is 11.8 Å². The van der Waals surface area contributed by atoms with E-state index in [-0.39, 0.29) is 5.91 Å². The van der Waals surface area contributed by atoms with E-state index in [2.05, 4.69) is 0 Å². The Morgan fingerprint density at radius 2 is 1.91 bits per heavy atom. The van der Waals surface area contributed by atoms with Crippen LogP contribution in [0.3, 0.4) is 0 Å². The molecule has 1 aromatic rings. The first kappa shape index (κ1) is 16.6.